The van der Waals surface area contributed by atoms with Gasteiger partial charge in [-0.05, 0) is 19.5 Å². The highest BCUT2D eigenvalue weighted by atomic mass is 35.5. The van der Waals surface area contributed by atoms with E-state index in [2.05, 4.69) is 5.32 Å². The van der Waals surface area contributed by atoms with E-state index in [1.165, 1.54) is 0 Å². The van der Waals surface area contributed by atoms with Crippen molar-refractivity contribution >= 4 is 12.4 Å². The monoisotopic (exact) mass is 201 g/mol. The molecule has 74 valence electrons. The SMILES string of the molecule is CNC(c1ccccc1)C(C)O.Cl. The van der Waals surface area contributed by atoms with Crippen LogP contribution in [-0.4, -0.2) is 18.3 Å². The number of hydrogen-bond donors (Lipinski definition) is 2. The lowest BCUT2D eigenvalue weighted by atomic mass is 10.0. The largest absolute Gasteiger partial charge is 0.391 e. The van der Waals surface area contributed by atoms with Crippen molar-refractivity contribution in [3.8, 4) is 0 Å². The van der Waals surface area contributed by atoms with Crippen molar-refractivity contribution < 1.29 is 5.11 Å². The second-order valence-electron chi connectivity index (χ2n) is 2.92. The minimum Gasteiger partial charge on any atom is -0.391 e. The molecule has 0 aliphatic rings. The summed E-state index contributed by atoms with van der Waals surface area (Å²) in [6.07, 6.45) is -0.364. The molecule has 0 bridgehead atoms. The topological polar surface area (TPSA) is 32.3 Å². The van der Waals surface area contributed by atoms with Gasteiger partial charge in [0.25, 0.3) is 0 Å². The van der Waals surface area contributed by atoms with Gasteiger partial charge in [0.2, 0.25) is 0 Å². The molecule has 13 heavy (non-hydrogen) atoms. The van der Waals surface area contributed by atoms with E-state index < -0.39 is 0 Å². The van der Waals surface area contributed by atoms with Gasteiger partial charge in [0, 0.05) is 0 Å². The fraction of sp³-hybridized carbons (Fsp3) is 0.400. The van der Waals surface area contributed by atoms with Crippen LogP contribution >= 0.6 is 12.4 Å². The van der Waals surface area contributed by atoms with E-state index in [9.17, 15) is 5.11 Å². The quantitative estimate of drug-likeness (QED) is 0.781. The van der Waals surface area contributed by atoms with Gasteiger partial charge < -0.3 is 10.4 Å². The van der Waals surface area contributed by atoms with Crippen LogP contribution in [0.4, 0.5) is 0 Å². The standard InChI is InChI=1S/C10H15NO.ClH/c1-8(12)10(11-2)9-6-4-3-5-7-9;/h3-8,10-12H,1-2H3;1H. The molecule has 0 spiro atoms. The van der Waals surface area contributed by atoms with E-state index in [-0.39, 0.29) is 24.6 Å². The van der Waals surface area contributed by atoms with Gasteiger partial charge in [0.05, 0.1) is 12.1 Å². The van der Waals surface area contributed by atoms with Gasteiger partial charge in [0.15, 0.2) is 0 Å². The van der Waals surface area contributed by atoms with E-state index in [0.717, 1.165) is 5.56 Å². The summed E-state index contributed by atoms with van der Waals surface area (Å²) in [5, 5.41) is 12.5. The van der Waals surface area contributed by atoms with Crippen LogP contribution in [-0.2, 0) is 0 Å². The first kappa shape index (κ1) is 12.4. The lowest BCUT2D eigenvalue weighted by molar-refractivity contribution is 0.150. The number of nitrogens with one attached hydrogen (secondary N) is 1. The fourth-order valence-corrected chi connectivity index (χ4v) is 1.35. The highest BCUT2D eigenvalue weighted by Gasteiger charge is 2.13. The Kier molecular flexibility index (Phi) is 5.71. The Balaban J connectivity index is 0.00000144. The second-order valence-corrected chi connectivity index (χ2v) is 2.92. The maximum absolute atomic E-state index is 9.40. The van der Waals surface area contributed by atoms with Gasteiger partial charge in [-0.15, -0.1) is 12.4 Å². The van der Waals surface area contributed by atoms with Crippen molar-refractivity contribution in [2.24, 2.45) is 0 Å². The normalized spacial score (nSPS) is 14.4. The molecule has 3 heteroatoms. The molecule has 2 unspecified atom stereocenters. The number of aliphatic hydroxyl groups excluding tert-OH is 1. The zero-order chi connectivity index (χ0) is 8.97. The lowest BCUT2D eigenvalue weighted by Gasteiger charge is -2.19. The molecule has 0 aromatic heterocycles. The van der Waals surface area contributed by atoms with Crippen molar-refractivity contribution in [1.29, 1.82) is 0 Å². The molecule has 1 aromatic rings. The molecule has 1 aromatic carbocycles. The van der Waals surface area contributed by atoms with Gasteiger partial charge >= 0.3 is 0 Å². The van der Waals surface area contributed by atoms with Crippen LogP contribution in [0.5, 0.6) is 0 Å². The summed E-state index contributed by atoms with van der Waals surface area (Å²) < 4.78 is 0. The highest BCUT2D eigenvalue weighted by molar-refractivity contribution is 5.85. The van der Waals surface area contributed by atoms with Crippen molar-refractivity contribution in [2.45, 2.75) is 19.1 Å². The number of aliphatic hydroxyl groups is 1. The van der Waals surface area contributed by atoms with Crippen LogP contribution in [0.25, 0.3) is 0 Å². The molecule has 0 radical (unpaired) electrons. The number of likely N-dealkylation sites (N-methyl/N-ethyl adjacent to an activating group) is 1. The zero-order valence-electron chi connectivity index (χ0n) is 7.90. The predicted molar refractivity (Wildman–Crippen MR) is 57.2 cm³/mol. The Morgan fingerprint density at radius 3 is 2.15 bits per heavy atom. The van der Waals surface area contributed by atoms with Gasteiger partial charge in [-0.1, -0.05) is 30.3 Å². The first-order valence-corrected chi connectivity index (χ1v) is 4.16. The number of halogens is 1. The molecule has 2 nitrogen and oxygen atoms in total. The summed E-state index contributed by atoms with van der Waals surface area (Å²) in [5.74, 6) is 0. The molecule has 2 N–H and O–H groups in total. The van der Waals surface area contributed by atoms with Gasteiger partial charge in [-0.2, -0.15) is 0 Å². The van der Waals surface area contributed by atoms with E-state index >= 15 is 0 Å². The van der Waals surface area contributed by atoms with E-state index in [0.29, 0.717) is 0 Å². The summed E-state index contributed by atoms with van der Waals surface area (Å²) in [6, 6.07) is 9.97. The Labute approximate surface area is 85.4 Å². The first-order chi connectivity index (χ1) is 5.75. The van der Waals surface area contributed by atoms with Crippen LogP contribution in [0, 0.1) is 0 Å². The third kappa shape index (κ3) is 3.35. The van der Waals surface area contributed by atoms with E-state index in [1.807, 2.05) is 37.4 Å². The van der Waals surface area contributed by atoms with E-state index in [4.69, 9.17) is 0 Å². The summed E-state index contributed by atoms with van der Waals surface area (Å²) >= 11 is 0. The molecule has 0 saturated carbocycles. The van der Waals surface area contributed by atoms with Crippen molar-refractivity contribution in [1.82, 2.24) is 5.32 Å². The Hall–Kier alpha value is -0.570. The van der Waals surface area contributed by atoms with Crippen molar-refractivity contribution in [3.05, 3.63) is 35.9 Å². The predicted octanol–water partition coefficient (Wildman–Crippen LogP) is 1.75. The third-order valence-electron chi connectivity index (χ3n) is 1.95. The Morgan fingerprint density at radius 1 is 1.23 bits per heavy atom. The van der Waals surface area contributed by atoms with Gasteiger partial charge in [-0.25, -0.2) is 0 Å². The molecule has 0 heterocycles. The molecular formula is C10H16ClNO. The summed E-state index contributed by atoms with van der Waals surface area (Å²) in [5.41, 5.74) is 1.12. The van der Waals surface area contributed by atoms with Crippen LogP contribution in [0.3, 0.4) is 0 Å². The first-order valence-electron chi connectivity index (χ1n) is 4.16. The highest BCUT2D eigenvalue weighted by Crippen LogP contribution is 2.15. The molecule has 0 fully saturated rings. The summed E-state index contributed by atoms with van der Waals surface area (Å²) in [7, 11) is 1.85. The number of benzene rings is 1. The zero-order valence-corrected chi connectivity index (χ0v) is 8.71. The van der Waals surface area contributed by atoms with Gasteiger partial charge in [0.1, 0.15) is 0 Å². The number of hydrogen-bond acceptors (Lipinski definition) is 2. The van der Waals surface area contributed by atoms with Crippen LogP contribution in [0.2, 0.25) is 0 Å². The Morgan fingerprint density at radius 2 is 1.77 bits per heavy atom. The van der Waals surface area contributed by atoms with Crippen molar-refractivity contribution in [2.75, 3.05) is 7.05 Å². The average molecular weight is 202 g/mol. The maximum Gasteiger partial charge on any atom is 0.0706 e. The molecule has 0 saturated heterocycles. The smallest absolute Gasteiger partial charge is 0.0706 e. The lowest BCUT2D eigenvalue weighted by Crippen LogP contribution is -2.26. The average Bonchev–Trinajstić information content (AvgIpc) is 2.07. The van der Waals surface area contributed by atoms with E-state index in [1.54, 1.807) is 6.92 Å². The van der Waals surface area contributed by atoms with Crippen LogP contribution < -0.4 is 5.32 Å². The van der Waals surface area contributed by atoms with Crippen molar-refractivity contribution in [3.63, 3.8) is 0 Å². The molecule has 0 amide bonds. The van der Waals surface area contributed by atoms with Gasteiger partial charge in [-0.3, -0.25) is 0 Å². The fourth-order valence-electron chi connectivity index (χ4n) is 1.35. The number of rotatable bonds is 3. The maximum atomic E-state index is 9.40. The minimum absolute atomic E-state index is 0. The summed E-state index contributed by atoms with van der Waals surface area (Å²) in [4.78, 5) is 0. The molecule has 2 atom stereocenters. The van der Waals surface area contributed by atoms with Crippen LogP contribution in [0.1, 0.15) is 18.5 Å². The molecule has 1 rings (SSSR count). The summed E-state index contributed by atoms with van der Waals surface area (Å²) in [6.45, 7) is 1.79. The minimum atomic E-state index is -0.364. The molecule has 0 aliphatic carbocycles. The second kappa shape index (κ2) is 5.97. The third-order valence-corrected chi connectivity index (χ3v) is 1.95. The molecular weight excluding hydrogens is 186 g/mol. The van der Waals surface area contributed by atoms with Crippen LogP contribution in [0.15, 0.2) is 30.3 Å². The molecule has 0 aliphatic heterocycles. The Bertz CT molecular complexity index is 226.